The largest absolute Gasteiger partial charge is 0.334 e. The van der Waals surface area contributed by atoms with Crippen LogP contribution in [0.3, 0.4) is 0 Å². The van der Waals surface area contributed by atoms with E-state index in [-0.39, 0.29) is 11.6 Å². The van der Waals surface area contributed by atoms with Crippen LogP contribution in [0.2, 0.25) is 0 Å². The number of carbonyl (C=O) groups excluding carboxylic acids is 1. The molecule has 1 aromatic heterocycles. The van der Waals surface area contributed by atoms with E-state index < -0.39 is 0 Å². The fourth-order valence-corrected chi connectivity index (χ4v) is 2.43. The monoisotopic (exact) mass is 307 g/mol. The molecule has 3 rings (SSSR count). The van der Waals surface area contributed by atoms with Gasteiger partial charge in [0, 0.05) is 23.8 Å². The minimum atomic E-state index is -0.280. The smallest absolute Gasteiger partial charge is 0.319 e. The molecule has 0 aliphatic heterocycles. The van der Waals surface area contributed by atoms with Gasteiger partial charge in [0.25, 0.3) is 5.56 Å². The van der Waals surface area contributed by atoms with Gasteiger partial charge in [0.2, 0.25) is 0 Å². The summed E-state index contributed by atoms with van der Waals surface area (Å²) in [5.74, 6) is 0. The van der Waals surface area contributed by atoms with Crippen molar-refractivity contribution in [3.63, 3.8) is 0 Å². The van der Waals surface area contributed by atoms with Gasteiger partial charge in [-0.15, -0.1) is 0 Å². The van der Waals surface area contributed by atoms with Gasteiger partial charge in [0.05, 0.1) is 0 Å². The number of hydrogen-bond acceptors (Lipinski definition) is 2. The summed E-state index contributed by atoms with van der Waals surface area (Å²) in [7, 11) is 0. The fraction of sp³-hybridized carbons (Fsp3) is 0.111. The number of nitrogens with one attached hydrogen (secondary N) is 3. The number of carbonyl (C=O) groups is 1. The Kier molecular flexibility index (Phi) is 4.10. The van der Waals surface area contributed by atoms with Gasteiger partial charge >= 0.3 is 6.03 Å². The number of anilines is 1. The highest BCUT2D eigenvalue weighted by molar-refractivity contribution is 5.93. The Morgan fingerprint density at radius 2 is 1.96 bits per heavy atom. The molecule has 0 atom stereocenters. The first-order chi connectivity index (χ1) is 11.1. The van der Waals surface area contributed by atoms with E-state index in [1.165, 1.54) is 0 Å². The molecule has 23 heavy (non-hydrogen) atoms. The molecule has 2 aromatic carbocycles. The summed E-state index contributed by atoms with van der Waals surface area (Å²) in [6.45, 7) is 2.47. The van der Waals surface area contributed by atoms with Gasteiger partial charge in [-0.3, -0.25) is 4.79 Å². The van der Waals surface area contributed by atoms with Crippen LogP contribution in [0.5, 0.6) is 0 Å². The minimum Gasteiger partial charge on any atom is -0.334 e. The normalized spacial score (nSPS) is 10.5. The molecule has 0 saturated heterocycles. The molecule has 5 nitrogen and oxygen atoms in total. The van der Waals surface area contributed by atoms with Crippen molar-refractivity contribution in [1.29, 1.82) is 0 Å². The van der Waals surface area contributed by atoms with E-state index in [0.29, 0.717) is 17.6 Å². The first-order valence-electron chi connectivity index (χ1n) is 7.34. The van der Waals surface area contributed by atoms with E-state index in [1.807, 2.05) is 31.2 Å². The molecule has 0 unspecified atom stereocenters. The molecule has 3 N–H and O–H groups in total. The van der Waals surface area contributed by atoms with Crippen LogP contribution in [0.1, 0.15) is 11.1 Å². The SMILES string of the molecule is Cc1ccccc1CNC(=O)Nc1ccc2c(=O)[nH]ccc2c1. The highest BCUT2D eigenvalue weighted by Crippen LogP contribution is 2.15. The lowest BCUT2D eigenvalue weighted by Gasteiger charge is -2.10. The number of rotatable bonds is 3. The number of urea groups is 1. The van der Waals surface area contributed by atoms with Crippen molar-refractivity contribution in [2.75, 3.05) is 5.32 Å². The average Bonchev–Trinajstić information content (AvgIpc) is 2.54. The Hall–Kier alpha value is -3.08. The van der Waals surface area contributed by atoms with Gasteiger partial charge < -0.3 is 15.6 Å². The molecular formula is C18H17N3O2. The molecule has 0 saturated carbocycles. The molecule has 0 fully saturated rings. The molecular weight excluding hydrogens is 290 g/mol. The van der Waals surface area contributed by atoms with Crippen molar-refractivity contribution in [2.24, 2.45) is 0 Å². The van der Waals surface area contributed by atoms with Crippen molar-refractivity contribution in [2.45, 2.75) is 13.5 Å². The van der Waals surface area contributed by atoms with Crippen LogP contribution in [-0.4, -0.2) is 11.0 Å². The summed E-state index contributed by atoms with van der Waals surface area (Å²) >= 11 is 0. The predicted octanol–water partition coefficient (Wildman–Crippen LogP) is 3.16. The lowest BCUT2D eigenvalue weighted by atomic mass is 10.1. The third-order valence-electron chi connectivity index (χ3n) is 3.73. The zero-order valence-corrected chi connectivity index (χ0v) is 12.7. The first kappa shape index (κ1) is 14.8. The van der Waals surface area contributed by atoms with Gasteiger partial charge in [-0.1, -0.05) is 24.3 Å². The van der Waals surface area contributed by atoms with E-state index >= 15 is 0 Å². The molecule has 0 aliphatic rings. The summed E-state index contributed by atoms with van der Waals surface area (Å²) in [5.41, 5.74) is 2.72. The Labute approximate surface area is 133 Å². The maximum absolute atomic E-state index is 12.0. The lowest BCUT2D eigenvalue weighted by Crippen LogP contribution is -2.28. The molecule has 0 spiro atoms. The standard InChI is InChI=1S/C18H17N3O2/c1-12-4-2-3-5-14(12)11-20-18(23)21-15-6-7-16-13(10-15)8-9-19-17(16)22/h2-10H,11H2,1H3,(H,19,22)(H2,20,21,23). The number of benzene rings is 2. The van der Waals surface area contributed by atoms with Crippen LogP contribution in [0.4, 0.5) is 10.5 Å². The van der Waals surface area contributed by atoms with Crippen molar-refractivity contribution in [3.05, 3.63) is 76.2 Å². The number of aromatic nitrogens is 1. The van der Waals surface area contributed by atoms with Crippen LogP contribution in [0, 0.1) is 6.92 Å². The molecule has 5 heteroatoms. The summed E-state index contributed by atoms with van der Waals surface area (Å²) in [6.07, 6.45) is 1.59. The molecule has 3 aromatic rings. The van der Waals surface area contributed by atoms with Crippen molar-refractivity contribution in [1.82, 2.24) is 10.3 Å². The lowest BCUT2D eigenvalue weighted by molar-refractivity contribution is 0.251. The number of amides is 2. The van der Waals surface area contributed by atoms with E-state index in [9.17, 15) is 9.59 Å². The number of fused-ring (bicyclic) bond motifs is 1. The molecule has 1 heterocycles. The van der Waals surface area contributed by atoms with E-state index in [4.69, 9.17) is 0 Å². The van der Waals surface area contributed by atoms with Gasteiger partial charge in [-0.25, -0.2) is 4.79 Å². The summed E-state index contributed by atoms with van der Waals surface area (Å²) in [4.78, 5) is 26.3. The Balaban J connectivity index is 1.68. The van der Waals surface area contributed by atoms with Crippen molar-refractivity contribution in [3.8, 4) is 0 Å². The van der Waals surface area contributed by atoms with E-state index in [0.717, 1.165) is 16.5 Å². The zero-order chi connectivity index (χ0) is 16.2. The molecule has 0 aliphatic carbocycles. The Morgan fingerprint density at radius 3 is 2.78 bits per heavy atom. The second-order valence-electron chi connectivity index (χ2n) is 5.34. The molecule has 116 valence electrons. The topological polar surface area (TPSA) is 74.0 Å². The minimum absolute atomic E-state index is 0.141. The molecule has 0 bridgehead atoms. The number of hydrogen-bond donors (Lipinski definition) is 3. The summed E-state index contributed by atoms with van der Waals surface area (Å²) in [6, 6.07) is 14.6. The fourth-order valence-electron chi connectivity index (χ4n) is 2.43. The average molecular weight is 307 g/mol. The zero-order valence-electron chi connectivity index (χ0n) is 12.7. The third kappa shape index (κ3) is 3.40. The highest BCUT2D eigenvalue weighted by atomic mass is 16.2. The van der Waals surface area contributed by atoms with Crippen LogP contribution in [0.15, 0.2) is 59.5 Å². The van der Waals surface area contributed by atoms with Crippen LogP contribution >= 0.6 is 0 Å². The highest BCUT2D eigenvalue weighted by Gasteiger charge is 2.05. The Morgan fingerprint density at radius 1 is 1.13 bits per heavy atom. The van der Waals surface area contributed by atoms with Gasteiger partial charge in [0.15, 0.2) is 0 Å². The van der Waals surface area contributed by atoms with E-state index in [1.54, 1.807) is 30.5 Å². The third-order valence-corrected chi connectivity index (χ3v) is 3.73. The second-order valence-corrected chi connectivity index (χ2v) is 5.34. The van der Waals surface area contributed by atoms with Gasteiger partial charge in [-0.05, 0) is 47.7 Å². The van der Waals surface area contributed by atoms with Crippen molar-refractivity contribution >= 4 is 22.5 Å². The predicted molar refractivity (Wildman–Crippen MR) is 91.6 cm³/mol. The maximum atomic E-state index is 12.0. The van der Waals surface area contributed by atoms with Crippen LogP contribution in [0.25, 0.3) is 10.8 Å². The van der Waals surface area contributed by atoms with Crippen LogP contribution < -0.4 is 16.2 Å². The first-order valence-corrected chi connectivity index (χ1v) is 7.34. The number of aromatic amines is 1. The Bertz CT molecular complexity index is 915. The summed E-state index contributed by atoms with van der Waals surface area (Å²) < 4.78 is 0. The maximum Gasteiger partial charge on any atom is 0.319 e. The molecule has 0 radical (unpaired) electrons. The number of aryl methyl sites for hydroxylation is 1. The number of H-pyrrole nitrogens is 1. The van der Waals surface area contributed by atoms with E-state index in [2.05, 4.69) is 15.6 Å². The number of pyridine rings is 1. The van der Waals surface area contributed by atoms with Crippen molar-refractivity contribution < 1.29 is 4.79 Å². The van der Waals surface area contributed by atoms with Gasteiger partial charge in [-0.2, -0.15) is 0 Å². The molecule has 2 amide bonds. The van der Waals surface area contributed by atoms with Crippen LogP contribution in [-0.2, 0) is 6.54 Å². The quantitative estimate of drug-likeness (QED) is 0.695. The van der Waals surface area contributed by atoms with Gasteiger partial charge in [0.1, 0.15) is 0 Å². The summed E-state index contributed by atoms with van der Waals surface area (Å²) in [5, 5.41) is 6.99. The second kappa shape index (κ2) is 6.36.